The summed E-state index contributed by atoms with van der Waals surface area (Å²) in [6, 6.07) is 6.25. The second-order valence-electron chi connectivity index (χ2n) is 6.21. The highest BCUT2D eigenvalue weighted by atomic mass is 32.1. The van der Waals surface area contributed by atoms with Crippen molar-refractivity contribution >= 4 is 17.2 Å². The molecule has 1 fully saturated rings. The molecule has 1 aliphatic heterocycles. The Morgan fingerprint density at radius 1 is 1.38 bits per heavy atom. The topological polar surface area (TPSA) is 68.5 Å². The van der Waals surface area contributed by atoms with E-state index in [1.54, 1.807) is 5.38 Å². The van der Waals surface area contributed by atoms with Crippen LogP contribution in [0.5, 0.6) is 5.75 Å². The van der Waals surface area contributed by atoms with Gasteiger partial charge in [0.05, 0.1) is 0 Å². The number of carbonyl (C=O) groups is 1. The summed E-state index contributed by atoms with van der Waals surface area (Å²) in [6.07, 6.45) is 1.84. The molecule has 6 heteroatoms. The van der Waals surface area contributed by atoms with Crippen LogP contribution in [0, 0.1) is 13.8 Å². The number of aryl methyl sites for hydroxylation is 2. The zero-order valence-electron chi connectivity index (χ0n) is 14.1. The van der Waals surface area contributed by atoms with Crippen LogP contribution in [0.2, 0.25) is 0 Å². The van der Waals surface area contributed by atoms with E-state index in [1.165, 1.54) is 16.9 Å². The first-order valence-corrected chi connectivity index (χ1v) is 9.12. The van der Waals surface area contributed by atoms with E-state index < -0.39 is 0 Å². The number of carbonyl (C=O) groups excluding carboxylic acids is 1. The first-order valence-electron chi connectivity index (χ1n) is 8.24. The van der Waals surface area contributed by atoms with E-state index in [0.29, 0.717) is 25.3 Å². The summed E-state index contributed by atoms with van der Waals surface area (Å²) in [5.74, 6) is 0.947. The van der Waals surface area contributed by atoms with Gasteiger partial charge in [0.1, 0.15) is 22.6 Å². The van der Waals surface area contributed by atoms with Crippen LogP contribution in [0.3, 0.4) is 0 Å². The molecule has 2 aromatic rings. The van der Waals surface area contributed by atoms with Gasteiger partial charge in [-0.25, -0.2) is 4.98 Å². The van der Waals surface area contributed by atoms with Crippen LogP contribution in [0.15, 0.2) is 23.6 Å². The maximum atomic E-state index is 12.5. The average Bonchev–Trinajstić information content (AvgIpc) is 3.07. The molecular formula is C18H23N3O2S. The van der Waals surface area contributed by atoms with Crippen molar-refractivity contribution in [2.45, 2.75) is 39.3 Å². The van der Waals surface area contributed by atoms with E-state index in [-0.39, 0.29) is 12.0 Å². The number of benzene rings is 1. The quantitative estimate of drug-likeness (QED) is 0.925. The molecule has 1 amide bonds. The van der Waals surface area contributed by atoms with Crippen molar-refractivity contribution in [3.8, 4) is 5.75 Å². The number of rotatable bonds is 4. The van der Waals surface area contributed by atoms with Crippen molar-refractivity contribution in [3.63, 3.8) is 0 Å². The molecule has 128 valence electrons. The van der Waals surface area contributed by atoms with Gasteiger partial charge in [-0.1, -0.05) is 12.1 Å². The van der Waals surface area contributed by atoms with Gasteiger partial charge in [-0.2, -0.15) is 0 Å². The highest BCUT2D eigenvalue weighted by Crippen LogP contribution is 2.24. The van der Waals surface area contributed by atoms with E-state index >= 15 is 0 Å². The Morgan fingerprint density at radius 2 is 2.12 bits per heavy atom. The van der Waals surface area contributed by atoms with E-state index in [0.717, 1.165) is 29.2 Å². The van der Waals surface area contributed by atoms with Crippen LogP contribution in [0.25, 0.3) is 0 Å². The lowest BCUT2D eigenvalue weighted by molar-refractivity contribution is 0.0589. The molecular weight excluding hydrogens is 322 g/mol. The molecule has 0 atom stereocenters. The predicted molar refractivity (Wildman–Crippen MR) is 95.5 cm³/mol. The Hall–Kier alpha value is -1.92. The molecule has 1 saturated heterocycles. The maximum absolute atomic E-state index is 12.5. The SMILES string of the molecule is Cc1ccc(C)c(OC2CCN(C(=O)c3csc(CN)n3)CC2)c1. The van der Waals surface area contributed by atoms with Gasteiger partial charge in [0.15, 0.2) is 0 Å². The normalized spacial score (nSPS) is 15.5. The summed E-state index contributed by atoms with van der Waals surface area (Å²) in [7, 11) is 0. The molecule has 0 aliphatic carbocycles. The molecule has 0 saturated carbocycles. The Morgan fingerprint density at radius 3 is 2.79 bits per heavy atom. The predicted octanol–water partition coefficient (Wildman–Crippen LogP) is 2.90. The molecule has 0 radical (unpaired) electrons. The lowest BCUT2D eigenvalue weighted by Gasteiger charge is -2.32. The number of aromatic nitrogens is 1. The molecule has 0 bridgehead atoms. The minimum atomic E-state index is -0.00358. The second kappa shape index (κ2) is 7.32. The number of hydrogen-bond acceptors (Lipinski definition) is 5. The van der Waals surface area contributed by atoms with Crippen molar-refractivity contribution in [3.05, 3.63) is 45.4 Å². The first kappa shape index (κ1) is 16.9. The Bertz CT molecular complexity index is 721. The smallest absolute Gasteiger partial charge is 0.273 e. The molecule has 24 heavy (non-hydrogen) atoms. The Balaban J connectivity index is 1.57. The van der Waals surface area contributed by atoms with Gasteiger partial charge >= 0.3 is 0 Å². The monoisotopic (exact) mass is 345 g/mol. The number of likely N-dealkylation sites (tertiary alicyclic amines) is 1. The van der Waals surface area contributed by atoms with Crippen LogP contribution < -0.4 is 10.5 Å². The van der Waals surface area contributed by atoms with Crippen molar-refractivity contribution in [2.75, 3.05) is 13.1 Å². The van der Waals surface area contributed by atoms with Gasteiger partial charge in [0, 0.05) is 37.9 Å². The fourth-order valence-corrected chi connectivity index (χ4v) is 3.50. The minimum Gasteiger partial charge on any atom is -0.490 e. The van der Waals surface area contributed by atoms with Crippen molar-refractivity contribution in [2.24, 2.45) is 5.73 Å². The lowest BCUT2D eigenvalue weighted by Crippen LogP contribution is -2.42. The average molecular weight is 345 g/mol. The second-order valence-corrected chi connectivity index (χ2v) is 7.15. The standard InChI is InChI=1S/C18H23N3O2S/c1-12-3-4-13(2)16(9-12)23-14-5-7-21(8-6-14)18(22)15-11-24-17(10-19)20-15/h3-4,9,11,14H,5-8,10,19H2,1-2H3. The summed E-state index contributed by atoms with van der Waals surface area (Å²) in [6.45, 7) is 5.90. The molecule has 0 spiro atoms. The first-order chi connectivity index (χ1) is 11.6. The van der Waals surface area contributed by atoms with Crippen molar-refractivity contribution in [1.29, 1.82) is 0 Å². The van der Waals surface area contributed by atoms with E-state index in [1.807, 2.05) is 4.90 Å². The number of thiazole rings is 1. The van der Waals surface area contributed by atoms with Crippen LogP contribution in [-0.2, 0) is 6.54 Å². The summed E-state index contributed by atoms with van der Waals surface area (Å²) in [5, 5.41) is 2.59. The summed E-state index contributed by atoms with van der Waals surface area (Å²) in [5.41, 5.74) is 8.42. The van der Waals surface area contributed by atoms with Crippen LogP contribution >= 0.6 is 11.3 Å². The third-order valence-electron chi connectivity index (χ3n) is 4.31. The van der Waals surface area contributed by atoms with Gasteiger partial charge in [-0.05, 0) is 31.0 Å². The number of piperidine rings is 1. The number of hydrogen-bond donors (Lipinski definition) is 1. The van der Waals surface area contributed by atoms with Crippen LogP contribution in [0.4, 0.5) is 0 Å². The number of amides is 1. The third kappa shape index (κ3) is 3.76. The number of nitrogens with two attached hydrogens (primary N) is 1. The maximum Gasteiger partial charge on any atom is 0.273 e. The van der Waals surface area contributed by atoms with Gasteiger partial charge < -0.3 is 15.4 Å². The molecule has 1 aromatic heterocycles. The van der Waals surface area contributed by atoms with E-state index in [4.69, 9.17) is 10.5 Å². The number of nitrogens with zero attached hydrogens (tertiary/aromatic N) is 2. The van der Waals surface area contributed by atoms with Gasteiger partial charge in [0.2, 0.25) is 0 Å². The van der Waals surface area contributed by atoms with Gasteiger partial charge in [-0.15, -0.1) is 11.3 Å². The fraction of sp³-hybridized carbons (Fsp3) is 0.444. The minimum absolute atomic E-state index is 0.00358. The van der Waals surface area contributed by atoms with Crippen molar-refractivity contribution in [1.82, 2.24) is 9.88 Å². The highest BCUT2D eigenvalue weighted by molar-refractivity contribution is 7.09. The number of ether oxygens (including phenoxy) is 1. The molecule has 5 nitrogen and oxygen atoms in total. The highest BCUT2D eigenvalue weighted by Gasteiger charge is 2.26. The molecule has 2 heterocycles. The largest absolute Gasteiger partial charge is 0.490 e. The summed E-state index contributed by atoms with van der Waals surface area (Å²) < 4.78 is 6.15. The van der Waals surface area contributed by atoms with E-state index in [9.17, 15) is 4.79 Å². The van der Waals surface area contributed by atoms with Crippen LogP contribution in [-0.4, -0.2) is 35.0 Å². The summed E-state index contributed by atoms with van der Waals surface area (Å²) in [4.78, 5) is 18.6. The third-order valence-corrected chi connectivity index (χ3v) is 5.18. The Kier molecular flexibility index (Phi) is 5.16. The molecule has 1 aromatic carbocycles. The summed E-state index contributed by atoms with van der Waals surface area (Å²) >= 11 is 1.44. The lowest BCUT2D eigenvalue weighted by atomic mass is 10.1. The molecule has 2 N–H and O–H groups in total. The van der Waals surface area contributed by atoms with Crippen LogP contribution in [0.1, 0.15) is 39.5 Å². The molecule has 3 rings (SSSR count). The zero-order chi connectivity index (χ0) is 17.1. The van der Waals surface area contributed by atoms with E-state index in [2.05, 4.69) is 37.0 Å². The van der Waals surface area contributed by atoms with Gasteiger partial charge in [0.25, 0.3) is 5.91 Å². The Labute approximate surface area is 146 Å². The van der Waals surface area contributed by atoms with Crippen molar-refractivity contribution < 1.29 is 9.53 Å². The zero-order valence-corrected chi connectivity index (χ0v) is 14.9. The molecule has 0 unspecified atom stereocenters. The van der Waals surface area contributed by atoms with Gasteiger partial charge in [-0.3, -0.25) is 4.79 Å². The molecule has 1 aliphatic rings. The fourth-order valence-electron chi connectivity index (χ4n) is 2.86.